The van der Waals surface area contributed by atoms with Gasteiger partial charge in [0, 0.05) is 18.0 Å². The van der Waals surface area contributed by atoms with Crippen molar-refractivity contribution in [3.63, 3.8) is 0 Å². The number of halogens is 1. The van der Waals surface area contributed by atoms with Crippen LogP contribution in [0, 0.1) is 0 Å². The van der Waals surface area contributed by atoms with Crippen LogP contribution in [0.1, 0.15) is 17.3 Å². The predicted octanol–water partition coefficient (Wildman–Crippen LogP) is 2.05. The highest BCUT2D eigenvalue weighted by Gasteiger charge is 2.30. The molecule has 0 saturated carbocycles. The number of nitrogens with one attached hydrogen (secondary N) is 1. The summed E-state index contributed by atoms with van der Waals surface area (Å²) in [5.74, 6) is -0.889. The smallest absolute Gasteiger partial charge is 0.318 e. The maximum absolute atomic E-state index is 11.6. The highest BCUT2D eigenvalue weighted by atomic mass is 79.9. The van der Waals surface area contributed by atoms with Gasteiger partial charge in [-0.1, -0.05) is 0 Å². The van der Waals surface area contributed by atoms with E-state index in [0.717, 1.165) is 8.66 Å². The Labute approximate surface area is 111 Å². The van der Waals surface area contributed by atoms with Gasteiger partial charge < -0.3 is 15.3 Å². The molecule has 5 nitrogen and oxygen atoms in total. The van der Waals surface area contributed by atoms with Gasteiger partial charge in [0.05, 0.1) is 16.2 Å². The van der Waals surface area contributed by atoms with Gasteiger partial charge in [-0.05, 0) is 28.1 Å². The van der Waals surface area contributed by atoms with Crippen LogP contribution in [0.4, 0.5) is 4.79 Å². The zero-order valence-electron chi connectivity index (χ0n) is 8.85. The van der Waals surface area contributed by atoms with Gasteiger partial charge in [-0.25, -0.2) is 4.79 Å². The molecule has 92 valence electrons. The molecule has 0 spiro atoms. The van der Waals surface area contributed by atoms with Gasteiger partial charge in [-0.15, -0.1) is 11.3 Å². The summed E-state index contributed by atoms with van der Waals surface area (Å²) >= 11 is 4.95. The second kappa shape index (κ2) is 5.05. The van der Waals surface area contributed by atoms with Crippen molar-refractivity contribution in [3.8, 4) is 0 Å². The van der Waals surface area contributed by atoms with Crippen LogP contribution in [0.5, 0.6) is 0 Å². The second-order valence-electron chi connectivity index (χ2n) is 3.73. The maximum atomic E-state index is 11.6. The SMILES string of the molecule is O=C(O)CCN1CC(c2ccc(Br)s2)NC1=O. The number of carbonyl (C=O) groups is 2. The molecule has 0 aromatic carbocycles. The fourth-order valence-corrected chi connectivity index (χ4v) is 3.16. The first-order chi connectivity index (χ1) is 8.06. The van der Waals surface area contributed by atoms with E-state index in [1.165, 1.54) is 4.90 Å². The Kier molecular flexibility index (Phi) is 3.68. The van der Waals surface area contributed by atoms with Crippen molar-refractivity contribution in [2.75, 3.05) is 13.1 Å². The number of nitrogens with zero attached hydrogens (tertiary/aromatic N) is 1. The molecular formula is C10H11BrN2O3S. The van der Waals surface area contributed by atoms with Crippen LogP contribution in [-0.4, -0.2) is 35.1 Å². The lowest BCUT2D eigenvalue weighted by Gasteiger charge is -2.12. The van der Waals surface area contributed by atoms with E-state index in [9.17, 15) is 9.59 Å². The molecule has 17 heavy (non-hydrogen) atoms. The van der Waals surface area contributed by atoms with Crippen molar-refractivity contribution >= 4 is 39.3 Å². The Balaban J connectivity index is 1.97. The van der Waals surface area contributed by atoms with Crippen LogP contribution in [-0.2, 0) is 4.79 Å². The van der Waals surface area contributed by atoms with Gasteiger partial charge in [0.1, 0.15) is 0 Å². The van der Waals surface area contributed by atoms with Crippen LogP contribution in [0.25, 0.3) is 0 Å². The average Bonchev–Trinajstić information content (AvgIpc) is 2.82. The van der Waals surface area contributed by atoms with E-state index >= 15 is 0 Å². The molecule has 1 saturated heterocycles. The average molecular weight is 319 g/mol. The first kappa shape index (κ1) is 12.4. The Morgan fingerprint density at radius 3 is 3.00 bits per heavy atom. The quantitative estimate of drug-likeness (QED) is 0.892. The monoisotopic (exact) mass is 318 g/mol. The number of hydrogen-bond donors (Lipinski definition) is 2. The third-order valence-electron chi connectivity index (χ3n) is 2.52. The Morgan fingerprint density at radius 2 is 2.41 bits per heavy atom. The van der Waals surface area contributed by atoms with E-state index in [1.807, 2.05) is 12.1 Å². The fraction of sp³-hybridized carbons (Fsp3) is 0.400. The minimum atomic E-state index is -0.889. The summed E-state index contributed by atoms with van der Waals surface area (Å²) in [6.45, 7) is 0.781. The summed E-state index contributed by atoms with van der Waals surface area (Å²) in [4.78, 5) is 24.7. The van der Waals surface area contributed by atoms with Gasteiger partial charge in [0.15, 0.2) is 0 Å². The fourth-order valence-electron chi connectivity index (χ4n) is 1.69. The molecule has 1 aromatic rings. The first-order valence-electron chi connectivity index (χ1n) is 5.08. The third-order valence-corrected chi connectivity index (χ3v) is 4.26. The lowest BCUT2D eigenvalue weighted by atomic mass is 10.2. The Bertz CT molecular complexity index is 449. The molecule has 1 aliphatic rings. The highest BCUT2D eigenvalue weighted by molar-refractivity contribution is 9.11. The van der Waals surface area contributed by atoms with E-state index in [2.05, 4.69) is 21.2 Å². The van der Waals surface area contributed by atoms with Crippen molar-refractivity contribution in [2.45, 2.75) is 12.5 Å². The van der Waals surface area contributed by atoms with E-state index in [1.54, 1.807) is 11.3 Å². The molecule has 1 atom stereocenters. The van der Waals surface area contributed by atoms with Gasteiger partial charge in [-0.2, -0.15) is 0 Å². The number of thiophene rings is 1. The maximum Gasteiger partial charge on any atom is 0.318 e. The molecule has 2 rings (SSSR count). The van der Waals surface area contributed by atoms with Crippen molar-refractivity contribution in [3.05, 3.63) is 20.8 Å². The minimum Gasteiger partial charge on any atom is -0.481 e. The van der Waals surface area contributed by atoms with Crippen LogP contribution in [0.2, 0.25) is 0 Å². The van der Waals surface area contributed by atoms with Crippen LogP contribution < -0.4 is 5.32 Å². The summed E-state index contributed by atoms with van der Waals surface area (Å²) in [5.41, 5.74) is 0. The molecule has 2 N–H and O–H groups in total. The van der Waals surface area contributed by atoms with Crippen LogP contribution in [0.3, 0.4) is 0 Å². The lowest BCUT2D eigenvalue weighted by molar-refractivity contribution is -0.137. The minimum absolute atomic E-state index is 0.0196. The van der Waals surface area contributed by atoms with Gasteiger partial charge in [-0.3, -0.25) is 4.79 Å². The van der Waals surface area contributed by atoms with Crippen molar-refractivity contribution in [1.82, 2.24) is 10.2 Å². The molecule has 1 fully saturated rings. The molecule has 1 unspecified atom stereocenters. The van der Waals surface area contributed by atoms with Crippen molar-refractivity contribution in [2.24, 2.45) is 0 Å². The van der Waals surface area contributed by atoms with Gasteiger partial charge in [0.2, 0.25) is 0 Å². The van der Waals surface area contributed by atoms with E-state index in [0.29, 0.717) is 6.54 Å². The number of rotatable bonds is 4. The van der Waals surface area contributed by atoms with Gasteiger partial charge in [0.25, 0.3) is 0 Å². The summed E-state index contributed by atoms with van der Waals surface area (Å²) < 4.78 is 1.02. The number of aliphatic carboxylic acids is 1. The zero-order chi connectivity index (χ0) is 12.4. The standard InChI is InChI=1S/C10H11BrN2O3S/c11-8-2-1-7(17-8)6-5-13(10(16)12-6)4-3-9(14)15/h1-2,6H,3-5H2,(H,12,16)(H,14,15). The van der Waals surface area contributed by atoms with Crippen molar-refractivity contribution in [1.29, 1.82) is 0 Å². The number of carboxylic acid groups (broad SMARTS) is 1. The summed E-state index contributed by atoms with van der Waals surface area (Å²) in [5, 5.41) is 11.4. The predicted molar refractivity (Wildman–Crippen MR) is 67.1 cm³/mol. The molecular weight excluding hydrogens is 308 g/mol. The molecule has 7 heteroatoms. The van der Waals surface area contributed by atoms with Crippen LogP contribution >= 0.6 is 27.3 Å². The molecule has 0 radical (unpaired) electrons. The van der Waals surface area contributed by atoms with E-state index in [4.69, 9.17) is 5.11 Å². The summed E-state index contributed by atoms with van der Waals surface area (Å²) in [6.07, 6.45) is -0.0196. The number of urea groups is 1. The normalized spacial score (nSPS) is 19.5. The highest BCUT2D eigenvalue weighted by Crippen LogP contribution is 2.30. The molecule has 1 aliphatic heterocycles. The largest absolute Gasteiger partial charge is 0.481 e. The summed E-state index contributed by atoms with van der Waals surface area (Å²) in [6, 6.07) is 3.67. The molecule has 2 amide bonds. The Hall–Kier alpha value is -1.08. The lowest BCUT2D eigenvalue weighted by Crippen LogP contribution is -2.30. The first-order valence-corrected chi connectivity index (χ1v) is 6.69. The number of hydrogen-bond acceptors (Lipinski definition) is 3. The van der Waals surface area contributed by atoms with E-state index in [-0.39, 0.29) is 25.0 Å². The second-order valence-corrected chi connectivity index (χ2v) is 6.23. The topological polar surface area (TPSA) is 69.6 Å². The molecule has 0 aliphatic carbocycles. The molecule has 2 heterocycles. The zero-order valence-corrected chi connectivity index (χ0v) is 11.3. The number of carbonyl (C=O) groups excluding carboxylic acids is 1. The third kappa shape index (κ3) is 2.98. The number of amides is 2. The van der Waals surface area contributed by atoms with Crippen LogP contribution in [0.15, 0.2) is 15.9 Å². The van der Waals surface area contributed by atoms with E-state index < -0.39 is 5.97 Å². The number of carboxylic acids is 1. The molecule has 0 bridgehead atoms. The van der Waals surface area contributed by atoms with Gasteiger partial charge >= 0.3 is 12.0 Å². The summed E-state index contributed by atoms with van der Waals surface area (Å²) in [7, 11) is 0. The Morgan fingerprint density at radius 1 is 1.65 bits per heavy atom. The molecule has 1 aromatic heterocycles. The van der Waals surface area contributed by atoms with Crippen molar-refractivity contribution < 1.29 is 14.7 Å².